The first-order valence-corrected chi connectivity index (χ1v) is 15.6. The average Bonchev–Trinajstić information content (AvgIpc) is 3.17. The fraction of sp³-hybridized carbons (Fsp3) is 0.647. The van der Waals surface area contributed by atoms with Gasteiger partial charge in [0.05, 0.1) is 12.2 Å². The first kappa shape index (κ1) is 30.5. The van der Waals surface area contributed by atoms with Crippen molar-refractivity contribution in [2.45, 2.75) is 92.0 Å². The van der Waals surface area contributed by atoms with Crippen molar-refractivity contribution < 1.29 is 10.1 Å². The Kier molecular flexibility index (Phi) is 10.3. The summed E-state index contributed by atoms with van der Waals surface area (Å²) in [6, 6.07) is 0.569. The molecule has 2 heterocycles. The van der Waals surface area contributed by atoms with Crippen molar-refractivity contribution in [3.63, 3.8) is 0 Å². The summed E-state index contributed by atoms with van der Waals surface area (Å²) in [5.41, 5.74) is 12.6. The smallest absolute Gasteiger partial charge is 0.196 e. The van der Waals surface area contributed by atoms with Gasteiger partial charge in [-0.05, 0) is 51.0 Å². The lowest BCUT2D eigenvalue weighted by Crippen LogP contribution is -2.92. The Morgan fingerprint density at radius 1 is 1.25 bits per heavy atom. The molecule has 6 nitrogen and oxygen atoms in total. The molecule has 2 aliphatic carbocycles. The summed E-state index contributed by atoms with van der Waals surface area (Å²) in [4.78, 5) is 23.5. The van der Waals surface area contributed by atoms with Crippen molar-refractivity contribution >= 4 is 11.6 Å². The number of amidine groups is 1. The topological polar surface area (TPSA) is 78.5 Å². The molecule has 0 spiro atoms. The molecule has 1 saturated heterocycles. The number of carbonyl (C=O) groups is 1. The molecule has 40 heavy (non-hydrogen) atoms. The predicted octanol–water partition coefficient (Wildman–Crippen LogP) is 5.08. The molecule has 1 fully saturated rings. The molecule has 4 aliphatic rings. The summed E-state index contributed by atoms with van der Waals surface area (Å²) in [6.45, 7) is 19.2. The van der Waals surface area contributed by atoms with Crippen LogP contribution >= 0.6 is 0 Å². The van der Waals surface area contributed by atoms with Gasteiger partial charge in [0.1, 0.15) is 5.78 Å². The lowest BCUT2D eigenvalue weighted by molar-refractivity contribution is -0.579. The van der Waals surface area contributed by atoms with Gasteiger partial charge in [-0.25, -0.2) is 4.99 Å². The fourth-order valence-electron chi connectivity index (χ4n) is 7.04. The van der Waals surface area contributed by atoms with Crippen LogP contribution in [0.5, 0.6) is 0 Å². The number of aliphatic imine (C=N–C) groups is 1. The van der Waals surface area contributed by atoms with Gasteiger partial charge in [0.2, 0.25) is 0 Å². The van der Waals surface area contributed by atoms with Crippen LogP contribution in [0.2, 0.25) is 0 Å². The summed E-state index contributed by atoms with van der Waals surface area (Å²) >= 11 is 0. The van der Waals surface area contributed by atoms with Crippen molar-refractivity contribution in [3.8, 4) is 0 Å². The van der Waals surface area contributed by atoms with Crippen LogP contribution in [-0.2, 0) is 4.79 Å². The van der Waals surface area contributed by atoms with E-state index in [1.165, 1.54) is 30.5 Å². The van der Waals surface area contributed by atoms with Gasteiger partial charge in [-0.15, -0.1) is 6.58 Å². The summed E-state index contributed by atoms with van der Waals surface area (Å²) in [6.07, 6.45) is 17.4. The number of Topliss-reactive ketones (excluding diaryl/α,β-unsaturated/α-hetero) is 1. The van der Waals surface area contributed by atoms with E-state index in [9.17, 15) is 4.79 Å². The third-order valence-corrected chi connectivity index (χ3v) is 9.57. The van der Waals surface area contributed by atoms with Crippen LogP contribution in [0, 0.1) is 17.3 Å². The first-order valence-electron chi connectivity index (χ1n) is 15.6. The largest absolute Gasteiger partial charge is 0.401 e. The zero-order valence-electron chi connectivity index (χ0n) is 25.8. The second-order valence-corrected chi connectivity index (χ2v) is 13.4. The molecule has 2 aliphatic heterocycles. The van der Waals surface area contributed by atoms with Gasteiger partial charge in [0.25, 0.3) is 0 Å². The molecule has 3 unspecified atom stereocenters. The molecule has 0 amide bonds. The summed E-state index contributed by atoms with van der Waals surface area (Å²) < 4.78 is 0. The van der Waals surface area contributed by atoms with Gasteiger partial charge in [0.15, 0.2) is 5.84 Å². The number of allylic oxidation sites excluding steroid dienone is 3. The van der Waals surface area contributed by atoms with Crippen molar-refractivity contribution in [3.05, 3.63) is 59.1 Å². The van der Waals surface area contributed by atoms with Gasteiger partial charge >= 0.3 is 0 Å². The SMILES string of the molecule is C=CC(C)C(=CN=C(C)[NH2+]C1CC2=C(CCC=C2)C1)N1CCCC(C(=O)C(C)(C)CN2CCC(C)=C(N)C2)CC1. The molecule has 4 rings (SSSR count). The minimum absolute atomic E-state index is 0.105. The van der Waals surface area contributed by atoms with E-state index in [1.807, 2.05) is 6.08 Å². The van der Waals surface area contributed by atoms with E-state index in [0.717, 1.165) is 76.4 Å². The number of hydrogen-bond donors (Lipinski definition) is 2. The first-order chi connectivity index (χ1) is 19.1. The van der Waals surface area contributed by atoms with E-state index in [4.69, 9.17) is 10.7 Å². The maximum absolute atomic E-state index is 13.8. The van der Waals surface area contributed by atoms with Crippen LogP contribution in [0.25, 0.3) is 0 Å². The number of rotatable bonds is 9. The Balaban J connectivity index is 1.36. The van der Waals surface area contributed by atoms with Crippen LogP contribution in [-0.4, -0.2) is 60.2 Å². The lowest BCUT2D eigenvalue weighted by atomic mass is 9.78. The highest BCUT2D eigenvalue weighted by Gasteiger charge is 2.37. The Morgan fingerprint density at radius 3 is 2.77 bits per heavy atom. The van der Waals surface area contributed by atoms with Crippen LogP contribution in [0.4, 0.5) is 0 Å². The van der Waals surface area contributed by atoms with E-state index in [-0.39, 0.29) is 17.3 Å². The molecule has 0 bridgehead atoms. The molecule has 4 N–H and O–H groups in total. The number of nitrogens with zero attached hydrogens (tertiary/aromatic N) is 3. The maximum Gasteiger partial charge on any atom is 0.196 e. The summed E-state index contributed by atoms with van der Waals surface area (Å²) in [5.74, 6) is 1.82. The Labute approximate surface area is 243 Å². The van der Waals surface area contributed by atoms with Gasteiger partial charge in [-0.3, -0.25) is 15.0 Å². The second kappa shape index (κ2) is 13.5. The number of quaternary nitrogens is 1. The molecule has 0 aromatic carbocycles. The Morgan fingerprint density at radius 2 is 2.05 bits per heavy atom. The van der Waals surface area contributed by atoms with Crippen LogP contribution in [0.1, 0.15) is 86.0 Å². The fourth-order valence-corrected chi connectivity index (χ4v) is 7.04. The van der Waals surface area contributed by atoms with E-state index in [1.54, 1.807) is 11.1 Å². The molecule has 220 valence electrons. The van der Waals surface area contributed by atoms with E-state index < -0.39 is 0 Å². The summed E-state index contributed by atoms with van der Waals surface area (Å²) in [5, 5.41) is 2.37. The minimum atomic E-state index is -0.375. The van der Waals surface area contributed by atoms with Crippen LogP contribution in [0.3, 0.4) is 0 Å². The Bertz CT molecular complexity index is 1110. The third-order valence-electron chi connectivity index (χ3n) is 9.57. The molecule has 0 radical (unpaired) electrons. The number of ketones is 1. The van der Waals surface area contributed by atoms with Gasteiger partial charge in [0, 0.05) is 81.1 Å². The van der Waals surface area contributed by atoms with Gasteiger partial charge < -0.3 is 10.6 Å². The van der Waals surface area contributed by atoms with Crippen LogP contribution < -0.4 is 11.1 Å². The van der Waals surface area contributed by atoms with Crippen molar-refractivity contribution in [2.75, 3.05) is 32.7 Å². The summed E-state index contributed by atoms with van der Waals surface area (Å²) in [7, 11) is 0. The van der Waals surface area contributed by atoms with E-state index in [0.29, 0.717) is 11.8 Å². The normalized spacial score (nSPS) is 26.2. The molecule has 0 aromatic rings. The predicted molar refractivity (Wildman–Crippen MR) is 167 cm³/mol. The number of hydrogen-bond acceptors (Lipinski definition) is 5. The number of likely N-dealkylation sites (tertiary alicyclic amines) is 1. The molecular formula is C34H54N5O+. The Hall–Kier alpha value is -2.44. The molecule has 6 heteroatoms. The molecule has 0 aromatic heterocycles. The quantitative estimate of drug-likeness (QED) is 0.239. The molecule has 0 saturated carbocycles. The minimum Gasteiger partial charge on any atom is -0.401 e. The zero-order valence-corrected chi connectivity index (χ0v) is 25.8. The highest BCUT2D eigenvalue weighted by Crippen LogP contribution is 2.33. The average molecular weight is 549 g/mol. The number of nitrogens with two attached hydrogens (primary N) is 2. The van der Waals surface area contributed by atoms with Gasteiger partial charge in [-0.2, -0.15) is 0 Å². The highest BCUT2D eigenvalue weighted by molar-refractivity contribution is 5.86. The van der Waals surface area contributed by atoms with Crippen molar-refractivity contribution in [1.82, 2.24) is 9.80 Å². The zero-order chi connectivity index (χ0) is 28.9. The number of carbonyl (C=O) groups excluding carboxylic acids is 1. The van der Waals surface area contributed by atoms with E-state index in [2.05, 4.69) is 74.7 Å². The maximum atomic E-state index is 13.8. The molecular weight excluding hydrogens is 494 g/mol. The second-order valence-electron chi connectivity index (χ2n) is 13.4. The molecule has 3 atom stereocenters. The van der Waals surface area contributed by atoms with Crippen molar-refractivity contribution in [2.24, 2.45) is 28.0 Å². The third kappa shape index (κ3) is 7.64. The van der Waals surface area contributed by atoms with Crippen LogP contribution in [0.15, 0.2) is 64.1 Å². The highest BCUT2D eigenvalue weighted by atomic mass is 16.1. The lowest BCUT2D eigenvalue weighted by Gasteiger charge is -2.36. The van der Waals surface area contributed by atoms with Crippen molar-refractivity contribution in [1.29, 1.82) is 0 Å². The van der Waals surface area contributed by atoms with E-state index >= 15 is 0 Å². The van der Waals surface area contributed by atoms with Gasteiger partial charge in [-0.1, -0.05) is 50.1 Å². The monoisotopic (exact) mass is 548 g/mol. The standard InChI is InChI=1S/C34H53N5O/c1-7-24(2)32(21-36-26(4)37-30-19-28-11-8-9-12-29(28)20-30)39-16-10-13-27(15-18-39)33(40)34(5,6)23-38-17-14-25(3)31(35)22-38/h7-8,11,21,24,27,30H,1,9-10,12-20,22-23,35H2,2-6H3,(H,36,37)/p+1.